The maximum atomic E-state index is 11.9. The van der Waals surface area contributed by atoms with Gasteiger partial charge in [0.25, 0.3) is 0 Å². The fourth-order valence-electron chi connectivity index (χ4n) is 1.08. The van der Waals surface area contributed by atoms with Crippen molar-refractivity contribution < 1.29 is 17.6 Å². The van der Waals surface area contributed by atoms with Crippen LogP contribution in [0, 0.1) is 0 Å². The minimum absolute atomic E-state index is 0.0330. The van der Waals surface area contributed by atoms with Crippen molar-refractivity contribution >= 4 is 0 Å². The molecule has 4 nitrogen and oxygen atoms in total. The molecule has 0 aliphatic rings. The summed E-state index contributed by atoms with van der Waals surface area (Å²) < 4.78 is 40.7. The molecule has 0 amide bonds. The first kappa shape index (κ1) is 13.0. The summed E-state index contributed by atoms with van der Waals surface area (Å²) in [7, 11) is 0. The second-order valence-electron chi connectivity index (χ2n) is 3.38. The van der Waals surface area contributed by atoms with Gasteiger partial charge in [-0.1, -0.05) is 6.92 Å². The molecular weight excluding hydrogens is 223 g/mol. The molecule has 7 heteroatoms. The number of nitrogens with zero attached hydrogens (tertiary/aromatic N) is 2. The lowest BCUT2D eigenvalue weighted by Gasteiger charge is -2.02. The molecular formula is C9H14F3N3O. The van der Waals surface area contributed by atoms with Gasteiger partial charge >= 0.3 is 6.18 Å². The van der Waals surface area contributed by atoms with Gasteiger partial charge in [0.2, 0.25) is 11.8 Å². The molecule has 0 saturated carbocycles. The standard InChI is InChI=1S/C9H14F3N3O/c1-2-5-13-6-8-15-14-7(16-8)3-4-9(10,11)12/h13H,2-6H2,1H3. The highest BCUT2D eigenvalue weighted by Crippen LogP contribution is 2.21. The Hall–Kier alpha value is -1.11. The maximum absolute atomic E-state index is 11.9. The molecule has 16 heavy (non-hydrogen) atoms. The molecule has 0 atom stereocenters. The minimum atomic E-state index is -4.19. The summed E-state index contributed by atoms with van der Waals surface area (Å²) in [5.41, 5.74) is 0. The van der Waals surface area contributed by atoms with Crippen LogP contribution in [0.2, 0.25) is 0 Å². The van der Waals surface area contributed by atoms with Crippen LogP contribution in [0.15, 0.2) is 4.42 Å². The number of hydrogen-bond donors (Lipinski definition) is 1. The smallest absolute Gasteiger partial charge is 0.389 e. The molecule has 0 spiro atoms. The molecule has 1 aromatic rings. The lowest BCUT2D eigenvalue weighted by Crippen LogP contribution is -2.13. The number of aromatic nitrogens is 2. The van der Waals surface area contributed by atoms with Crippen molar-refractivity contribution in [2.45, 2.75) is 38.9 Å². The van der Waals surface area contributed by atoms with Crippen LogP contribution in [0.1, 0.15) is 31.5 Å². The van der Waals surface area contributed by atoms with Gasteiger partial charge in [-0.2, -0.15) is 13.2 Å². The minimum Gasteiger partial charge on any atom is -0.424 e. The number of nitrogens with one attached hydrogen (secondary N) is 1. The van der Waals surface area contributed by atoms with Crippen molar-refractivity contribution in [2.24, 2.45) is 0 Å². The number of aryl methyl sites for hydroxylation is 1. The largest absolute Gasteiger partial charge is 0.424 e. The van der Waals surface area contributed by atoms with Gasteiger partial charge in [-0.05, 0) is 13.0 Å². The van der Waals surface area contributed by atoms with Gasteiger partial charge in [-0.3, -0.25) is 0 Å². The van der Waals surface area contributed by atoms with Gasteiger partial charge in [0.1, 0.15) is 0 Å². The average Bonchev–Trinajstić information content (AvgIpc) is 2.62. The van der Waals surface area contributed by atoms with Crippen LogP contribution in [0.5, 0.6) is 0 Å². The Morgan fingerprint density at radius 3 is 2.56 bits per heavy atom. The predicted molar refractivity (Wildman–Crippen MR) is 50.7 cm³/mol. The number of hydrogen-bond acceptors (Lipinski definition) is 4. The van der Waals surface area contributed by atoms with Crippen LogP contribution in [-0.2, 0) is 13.0 Å². The van der Waals surface area contributed by atoms with Crippen LogP contribution >= 0.6 is 0 Å². The quantitative estimate of drug-likeness (QED) is 0.769. The summed E-state index contributed by atoms with van der Waals surface area (Å²) in [6, 6.07) is 0. The predicted octanol–water partition coefficient (Wildman–Crippen LogP) is 2.06. The Morgan fingerprint density at radius 1 is 1.25 bits per heavy atom. The van der Waals surface area contributed by atoms with Gasteiger partial charge < -0.3 is 9.73 Å². The molecule has 0 aliphatic carbocycles. The van der Waals surface area contributed by atoms with E-state index in [1.54, 1.807) is 0 Å². The third-order valence-corrected chi connectivity index (χ3v) is 1.83. The Bertz CT molecular complexity index is 311. The second-order valence-corrected chi connectivity index (χ2v) is 3.38. The first-order valence-corrected chi connectivity index (χ1v) is 5.10. The summed E-state index contributed by atoms with van der Waals surface area (Å²) in [6.45, 7) is 3.21. The van der Waals surface area contributed by atoms with Crippen LogP contribution in [0.4, 0.5) is 13.2 Å². The molecule has 0 unspecified atom stereocenters. The maximum Gasteiger partial charge on any atom is 0.389 e. The van der Waals surface area contributed by atoms with E-state index in [2.05, 4.69) is 15.5 Å². The first-order chi connectivity index (χ1) is 7.51. The summed E-state index contributed by atoms with van der Waals surface area (Å²) in [5, 5.41) is 10.2. The molecule has 0 saturated heterocycles. The second kappa shape index (κ2) is 5.83. The molecule has 1 N–H and O–H groups in total. The highest BCUT2D eigenvalue weighted by molar-refractivity contribution is 4.82. The Balaban J connectivity index is 2.33. The number of alkyl halides is 3. The van der Waals surface area contributed by atoms with Crippen molar-refractivity contribution in [2.75, 3.05) is 6.54 Å². The summed E-state index contributed by atoms with van der Waals surface area (Å²) >= 11 is 0. The molecule has 0 fully saturated rings. The lowest BCUT2D eigenvalue weighted by molar-refractivity contribution is -0.134. The van der Waals surface area contributed by atoms with E-state index in [1.807, 2.05) is 6.92 Å². The molecule has 0 bridgehead atoms. The molecule has 1 rings (SSSR count). The van der Waals surface area contributed by atoms with Gasteiger partial charge in [0.15, 0.2) is 0 Å². The zero-order chi connectivity index (χ0) is 12.0. The van der Waals surface area contributed by atoms with Gasteiger partial charge in [-0.25, -0.2) is 0 Å². The van der Waals surface area contributed by atoms with Crippen molar-refractivity contribution in [3.05, 3.63) is 11.8 Å². The zero-order valence-electron chi connectivity index (χ0n) is 8.97. The van der Waals surface area contributed by atoms with E-state index in [0.717, 1.165) is 13.0 Å². The monoisotopic (exact) mass is 237 g/mol. The molecule has 0 aliphatic heterocycles. The topological polar surface area (TPSA) is 51.0 Å². The molecule has 0 radical (unpaired) electrons. The highest BCUT2D eigenvalue weighted by Gasteiger charge is 2.27. The number of halogens is 3. The summed E-state index contributed by atoms with van der Waals surface area (Å²) in [6.07, 6.45) is -4.41. The Labute approximate surface area is 91.2 Å². The first-order valence-electron chi connectivity index (χ1n) is 5.10. The number of rotatable bonds is 6. The van der Waals surface area contributed by atoms with Gasteiger partial charge in [0, 0.05) is 6.42 Å². The van der Waals surface area contributed by atoms with E-state index in [4.69, 9.17) is 4.42 Å². The molecule has 92 valence electrons. The van der Waals surface area contributed by atoms with Crippen molar-refractivity contribution in [3.8, 4) is 0 Å². The van der Waals surface area contributed by atoms with Crippen LogP contribution < -0.4 is 5.32 Å². The summed E-state index contributed by atoms with van der Waals surface area (Å²) in [5.74, 6) is 0.358. The van der Waals surface area contributed by atoms with Crippen molar-refractivity contribution in [1.29, 1.82) is 0 Å². The lowest BCUT2D eigenvalue weighted by atomic mass is 10.3. The van der Waals surface area contributed by atoms with Crippen LogP contribution in [0.25, 0.3) is 0 Å². The van der Waals surface area contributed by atoms with Crippen LogP contribution in [0.3, 0.4) is 0 Å². The highest BCUT2D eigenvalue weighted by atomic mass is 19.4. The van der Waals surface area contributed by atoms with Crippen molar-refractivity contribution in [1.82, 2.24) is 15.5 Å². The normalized spacial score (nSPS) is 12.0. The third kappa shape index (κ3) is 5.11. The van der Waals surface area contributed by atoms with Gasteiger partial charge in [0.05, 0.1) is 13.0 Å². The summed E-state index contributed by atoms with van der Waals surface area (Å²) in [4.78, 5) is 0. The Kier molecular flexibility index (Phi) is 4.72. The zero-order valence-corrected chi connectivity index (χ0v) is 8.97. The molecule has 1 aromatic heterocycles. The van der Waals surface area contributed by atoms with Gasteiger partial charge in [-0.15, -0.1) is 10.2 Å². The van der Waals surface area contributed by atoms with E-state index >= 15 is 0 Å². The Morgan fingerprint density at radius 2 is 1.94 bits per heavy atom. The fraction of sp³-hybridized carbons (Fsp3) is 0.778. The SMILES string of the molecule is CCCNCc1nnc(CCC(F)(F)F)o1. The van der Waals surface area contributed by atoms with E-state index < -0.39 is 12.6 Å². The molecule has 0 aromatic carbocycles. The third-order valence-electron chi connectivity index (χ3n) is 1.83. The average molecular weight is 237 g/mol. The van der Waals surface area contributed by atoms with E-state index in [1.165, 1.54) is 0 Å². The van der Waals surface area contributed by atoms with E-state index in [0.29, 0.717) is 12.4 Å². The molecule has 1 heterocycles. The fourth-order valence-corrected chi connectivity index (χ4v) is 1.08. The van der Waals surface area contributed by atoms with E-state index in [9.17, 15) is 13.2 Å². The van der Waals surface area contributed by atoms with Crippen molar-refractivity contribution in [3.63, 3.8) is 0 Å². The van der Waals surface area contributed by atoms with Crippen LogP contribution in [-0.4, -0.2) is 22.9 Å². The van der Waals surface area contributed by atoms with E-state index in [-0.39, 0.29) is 12.3 Å².